The van der Waals surface area contributed by atoms with E-state index in [9.17, 15) is 58.8 Å². The average Bonchev–Trinajstić information content (AvgIpc) is 1.49. The molecule has 32 heteroatoms. The summed E-state index contributed by atoms with van der Waals surface area (Å²) in [6, 6.07) is 15.3. The number of aryl methyl sites for hydroxylation is 3. The van der Waals surface area contributed by atoms with Crippen molar-refractivity contribution in [2.75, 3.05) is 83.5 Å². The number of fused-ring (bicyclic) bond motifs is 7. The number of carbonyl (C=O) groups is 9. The number of H-pyrrole nitrogens is 2. The highest BCUT2D eigenvalue weighted by molar-refractivity contribution is 8.76. The predicted molar refractivity (Wildman–Crippen MR) is 454 cm³/mol. The van der Waals surface area contributed by atoms with Crippen molar-refractivity contribution in [2.24, 2.45) is 45.5 Å². The van der Waals surface area contributed by atoms with Crippen LogP contribution in [-0.4, -0.2) is 234 Å². The van der Waals surface area contributed by atoms with Crippen molar-refractivity contribution in [3.05, 3.63) is 134 Å². The molecule has 640 valence electrons. The number of nitrogens with two attached hydrogens (primary N) is 2. The number of nitrogens with one attached hydrogen (secondary N) is 5. The minimum absolute atomic E-state index is 0.0494. The van der Waals surface area contributed by atoms with Crippen LogP contribution in [0, 0.1) is 36.0 Å². The Morgan fingerprint density at radius 2 is 1.55 bits per heavy atom. The maximum atomic E-state index is 15.7. The maximum absolute atomic E-state index is 15.7. The topological polar surface area (TPSA) is 451 Å². The van der Waals surface area contributed by atoms with Gasteiger partial charge in [-0.05, 0) is 139 Å². The van der Waals surface area contributed by atoms with Crippen molar-refractivity contribution >= 4 is 108 Å². The third-order valence-electron chi connectivity index (χ3n) is 26.0. The lowest BCUT2D eigenvalue weighted by Gasteiger charge is -2.63. The van der Waals surface area contributed by atoms with Crippen molar-refractivity contribution in [3.63, 3.8) is 0 Å². The van der Waals surface area contributed by atoms with Crippen molar-refractivity contribution in [1.29, 1.82) is 0 Å². The van der Waals surface area contributed by atoms with Crippen LogP contribution in [0.15, 0.2) is 88.8 Å². The molecule has 2 saturated heterocycles. The van der Waals surface area contributed by atoms with Gasteiger partial charge in [-0.3, -0.25) is 62.7 Å². The summed E-state index contributed by atoms with van der Waals surface area (Å²) in [7, 11) is 7.87. The molecule has 5 aliphatic heterocycles. The van der Waals surface area contributed by atoms with Crippen LogP contribution < -0.4 is 42.6 Å². The van der Waals surface area contributed by atoms with Crippen LogP contribution in [0.4, 0.5) is 5.69 Å². The molecule has 3 aromatic heterocycles. The van der Waals surface area contributed by atoms with Gasteiger partial charge < -0.3 is 72.2 Å². The van der Waals surface area contributed by atoms with Crippen LogP contribution >= 0.6 is 21.6 Å². The molecular weight excluding hydrogens is 1560 g/mol. The number of ether oxygens (including phenoxy) is 2. The van der Waals surface area contributed by atoms with E-state index in [1.54, 1.807) is 51.4 Å². The number of amides is 3. The second-order valence-electron chi connectivity index (χ2n) is 33.6. The summed E-state index contributed by atoms with van der Waals surface area (Å²) in [6.07, 6.45) is 7.12. The number of methoxy groups -OCH3 is 2. The number of aliphatic carboxylic acids is 1. The fraction of sp³-hybridized carbons (Fsp3) is 0.563. The third kappa shape index (κ3) is 18.0. The Morgan fingerprint density at radius 1 is 0.815 bits per heavy atom. The molecule has 3 amide bonds. The number of piperidine rings is 1. The maximum Gasteiger partial charge on any atom is 0.322 e. The lowest BCUT2D eigenvalue weighted by molar-refractivity contribution is -0.202. The average molecular weight is 1680 g/mol. The Bertz CT molecular complexity index is 4960. The van der Waals surface area contributed by atoms with Gasteiger partial charge in [-0.15, -0.1) is 0 Å². The third-order valence-corrected chi connectivity index (χ3v) is 28.5. The Morgan fingerprint density at radius 3 is 2.28 bits per heavy atom. The van der Waals surface area contributed by atoms with Crippen LogP contribution in [0.1, 0.15) is 174 Å². The number of guanidine groups is 1. The number of para-hydroxylation sites is 1. The van der Waals surface area contributed by atoms with Gasteiger partial charge in [0, 0.05) is 158 Å². The van der Waals surface area contributed by atoms with E-state index in [0.717, 1.165) is 33.3 Å². The lowest BCUT2D eigenvalue weighted by Crippen LogP contribution is -2.80. The molecular formula is C87H114N14O16S2. The molecule has 2 bridgehead atoms. The van der Waals surface area contributed by atoms with Gasteiger partial charge in [0.2, 0.25) is 17.7 Å². The molecule has 13 N–H and O–H groups in total. The summed E-state index contributed by atoms with van der Waals surface area (Å²) in [5.74, 6) is -6.82. The molecule has 1 spiro atoms. The lowest BCUT2D eigenvalue weighted by atomic mass is 9.47. The Kier molecular flexibility index (Phi) is 27.8. The van der Waals surface area contributed by atoms with Gasteiger partial charge in [-0.25, -0.2) is 15.0 Å². The standard InChI is InChI=1S/C87H114N14O16S2/c1-10-83(114)44-54-45-86(81(113)117-9,72-60(29-35-100(47-54)48-83)59-18-12-13-19-63(59)98-72)62-42-61-64(43-68(62)116-8)99(7)79-85(61)31-36-101-34-16-30-84(11-2,78(85)101)80(112)87(79,115)69(105)20-15-37-118-119-38-33-90-74(107)49(3)39-65(102)51(5)94-75(108)56(17-14-32-91-82(88)89)40-66(103)50(4)93-70(106)28-26-57(77(110)111)41-67(104)55-24-21-53(22-25-55)23-27-58-46-92-73-71(97-58)76(109)96-52(6)95-73/h12-13,16,18-19,21-22,24-25,30,42-43,46,49-51,54,56-57,78-80,98,112,114-115H,10-11,14-15,17,20,23,26-29,31-41,44-45,47-48H2,1-9H3,(H,90,107)(H,93,106)(H,94,108)(H,110,111)(H4,88,89,91)(H,92,95,96,109)/t49-,50+,51+,54-,56-,57-,78+,79-,80-,83+,84-,85-,86+,87+/m1/s1. The van der Waals surface area contributed by atoms with Gasteiger partial charge >= 0.3 is 11.9 Å². The largest absolute Gasteiger partial charge is 0.496 e. The predicted octanol–water partition coefficient (Wildman–Crippen LogP) is 6.20. The first-order valence-corrected chi connectivity index (χ1v) is 44.0. The molecule has 30 nitrogen and oxygen atoms in total. The number of carbonyl (C=O) groups excluding carboxylic acids is 8. The number of aliphatic hydroxyl groups excluding tert-OH is 1. The van der Waals surface area contributed by atoms with Gasteiger partial charge in [0.05, 0.1) is 55.8 Å². The summed E-state index contributed by atoms with van der Waals surface area (Å²) < 4.78 is 12.5. The van der Waals surface area contributed by atoms with Crippen molar-refractivity contribution in [1.82, 2.24) is 50.7 Å². The minimum atomic E-state index is -2.29. The number of hydrogen-bond donors (Lipinski definition) is 11. The van der Waals surface area contributed by atoms with Gasteiger partial charge in [-0.2, -0.15) is 0 Å². The monoisotopic (exact) mass is 1670 g/mol. The zero-order valence-electron chi connectivity index (χ0n) is 69.4. The van der Waals surface area contributed by atoms with Crippen molar-refractivity contribution in [3.8, 4) is 5.75 Å². The number of carboxylic acid groups (broad SMARTS) is 1. The van der Waals surface area contributed by atoms with Crippen LogP contribution in [0.5, 0.6) is 5.75 Å². The first-order chi connectivity index (χ1) is 56.8. The zero-order valence-corrected chi connectivity index (χ0v) is 71.0. The molecule has 1 saturated carbocycles. The highest BCUT2D eigenvalue weighted by Crippen LogP contribution is 2.68. The second kappa shape index (κ2) is 37.3. The number of aliphatic hydroxyl groups is 3. The quantitative estimate of drug-likeness (QED) is 0.00391. The van der Waals surface area contributed by atoms with E-state index in [1.165, 1.54) is 42.5 Å². The number of carboxylic acids is 1. The SMILES string of the molecule is CC[C@]1(O)C[C@H]2CN(CCc3c([nH]c4ccccc34)[C@@](C(=O)OC)(c3cc4c(cc3OC)N(C)[C@H]3[C@@](O)(C(=O)CCCSSCCNC(=O)[C@H](C)CC(=O)[C@H](C)NC(=O)[C@H](CCCN=C(N)N)CC(=O)[C@H](C)NC(=O)CC[C@H](CC(=O)c5ccc(CCc6cnc7nc(C)[nH]c(=O)c7n6)cc5)C(=O)O)[C@H](O)[C@]5(CC)C=CCN6CC[C@]43[C@@H]65)C2)C1. The van der Waals surface area contributed by atoms with E-state index in [-0.39, 0.29) is 111 Å². The van der Waals surface area contributed by atoms with Crippen LogP contribution in [0.3, 0.4) is 0 Å². The van der Waals surface area contributed by atoms with Crippen LogP contribution in [0.2, 0.25) is 0 Å². The van der Waals surface area contributed by atoms with Gasteiger partial charge in [0.1, 0.15) is 23.1 Å². The van der Waals surface area contributed by atoms with Crippen LogP contribution in [-0.2, 0) is 73.2 Å². The van der Waals surface area contributed by atoms with Gasteiger partial charge in [0.15, 0.2) is 45.9 Å². The number of aliphatic imine (C=N–C) groups is 1. The summed E-state index contributed by atoms with van der Waals surface area (Å²) in [5.41, 5.74) is 10.7. The molecule has 119 heavy (non-hydrogen) atoms. The molecule has 3 fully saturated rings. The molecule has 6 aliphatic rings. The number of hydrogen-bond acceptors (Lipinski definition) is 24. The summed E-state index contributed by atoms with van der Waals surface area (Å²) >= 11 is 0. The number of likely N-dealkylation sites (N-methyl/N-ethyl adjacent to an activating group) is 1. The fourth-order valence-electron chi connectivity index (χ4n) is 20.0. The summed E-state index contributed by atoms with van der Waals surface area (Å²) in [5, 5.41) is 58.4. The van der Waals surface area contributed by atoms with E-state index in [0.29, 0.717) is 124 Å². The molecule has 1 aliphatic carbocycles. The second-order valence-corrected chi connectivity index (χ2v) is 36.3. The molecule has 15 atom stereocenters. The fourth-order valence-corrected chi connectivity index (χ4v) is 22.0. The highest BCUT2D eigenvalue weighted by atomic mass is 33.1. The Hall–Kier alpha value is -9.44. The number of aromatic amines is 2. The first-order valence-electron chi connectivity index (χ1n) is 41.5. The summed E-state index contributed by atoms with van der Waals surface area (Å²) in [6.45, 7) is 13.6. The van der Waals surface area contributed by atoms with Crippen molar-refractivity contribution in [2.45, 2.75) is 203 Å². The molecule has 1 unspecified atom stereocenters. The number of Topliss-reactive ketones (excluding diaryl/α,β-unsaturated/α-hetero) is 4. The van der Waals surface area contributed by atoms with E-state index >= 15 is 9.59 Å². The van der Waals surface area contributed by atoms with E-state index in [2.05, 4.69) is 67.8 Å². The first kappa shape index (κ1) is 88.8. The van der Waals surface area contributed by atoms with E-state index in [1.807, 2.05) is 62.2 Å². The van der Waals surface area contributed by atoms with Crippen LogP contribution in [0.25, 0.3) is 22.1 Å². The Balaban J connectivity index is 0.623. The number of nitrogens with zero attached hydrogens (tertiary/aromatic N) is 7. The molecule has 8 heterocycles. The Labute approximate surface area is 700 Å². The van der Waals surface area contributed by atoms with Gasteiger partial charge in [-0.1, -0.05) is 97.0 Å². The zero-order chi connectivity index (χ0) is 85.6. The number of aromatic nitrogens is 5. The molecule has 6 aromatic rings. The van der Waals surface area contributed by atoms with Crippen molar-refractivity contribution < 1.29 is 73.1 Å². The number of anilines is 1. The van der Waals surface area contributed by atoms with E-state index < -0.39 is 123 Å². The molecule has 3 aromatic carbocycles. The normalized spacial score (nSPS) is 25.4. The summed E-state index contributed by atoms with van der Waals surface area (Å²) in [4.78, 5) is 167. The number of benzene rings is 3. The number of esters is 1. The number of rotatable bonds is 38. The smallest absolute Gasteiger partial charge is 0.322 e. The van der Waals surface area contributed by atoms with Gasteiger partial charge in [0.25, 0.3) is 5.56 Å². The highest BCUT2D eigenvalue weighted by Gasteiger charge is 2.78. The minimum Gasteiger partial charge on any atom is -0.496 e. The number of ketones is 4. The molecule has 0 radical (unpaired) electrons. The molecule has 12 rings (SSSR count). The van der Waals surface area contributed by atoms with E-state index in [4.69, 9.17) is 20.9 Å².